The topological polar surface area (TPSA) is 48.4 Å². The highest BCUT2D eigenvalue weighted by atomic mass is 35.5. The molecule has 2 fully saturated rings. The summed E-state index contributed by atoms with van der Waals surface area (Å²) in [5, 5.41) is 0.594. The molecule has 1 amide bonds. The Kier molecular flexibility index (Phi) is 6.91. The zero-order valence-electron chi connectivity index (χ0n) is 19.6. The van der Waals surface area contributed by atoms with Gasteiger partial charge < -0.3 is 19.4 Å². The Labute approximate surface area is 199 Å². The molecular weight excluding hydrogens is 443 g/mol. The first-order valence-electron chi connectivity index (χ1n) is 11.3. The van der Waals surface area contributed by atoms with E-state index in [1.165, 1.54) is 18.2 Å². The van der Waals surface area contributed by atoms with E-state index in [4.69, 9.17) is 16.3 Å². The Balaban J connectivity index is 1.59. The zero-order chi connectivity index (χ0) is 23.7. The first-order chi connectivity index (χ1) is 15.8. The van der Waals surface area contributed by atoms with Gasteiger partial charge in [-0.15, -0.1) is 0 Å². The molecule has 0 bridgehead atoms. The molecule has 0 unspecified atom stereocenters. The smallest absolute Gasteiger partial charge is 0.258 e. The molecule has 1 aromatic rings. The molecule has 0 N–H and O–H groups in total. The van der Waals surface area contributed by atoms with Crippen LogP contribution in [0, 0.1) is 5.82 Å². The van der Waals surface area contributed by atoms with Gasteiger partial charge in [0.25, 0.3) is 5.91 Å². The Hall–Kier alpha value is -2.64. The Morgan fingerprint density at radius 1 is 1.24 bits per heavy atom. The molecule has 0 atom stereocenters. The number of rotatable bonds is 3. The lowest BCUT2D eigenvalue weighted by Crippen LogP contribution is -2.36. The minimum absolute atomic E-state index is 0.0263. The van der Waals surface area contributed by atoms with Gasteiger partial charge in [0.1, 0.15) is 23.5 Å². The van der Waals surface area contributed by atoms with Crippen LogP contribution >= 0.6 is 11.6 Å². The zero-order valence-corrected chi connectivity index (χ0v) is 20.3. The van der Waals surface area contributed by atoms with Gasteiger partial charge in [-0.1, -0.05) is 17.7 Å². The molecule has 176 valence electrons. The molecule has 3 heterocycles. The number of piperidine rings is 1. The van der Waals surface area contributed by atoms with Gasteiger partial charge in [0.05, 0.1) is 17.1 Å². The molecule has 0 radical (unpaired) electrons. The number of carbonyl (C=O) groups excluding carboxylic acids is 1. The van der Waals surface area contributed by atoms with Crippen molar-refractivity contribution in [3.8, 4) is 5.75 Å². The van der Waals surface area contributed by atoms with Crippen LogP contribution in [0.2, 0.25) is 0 Å². The van der Waals surface area contributed by atoms with Crippen molar-refractivity contribution in [1.29, 1.82) is 0 Å². The number of hydrogen-bond donors (Lipinski definition) is 0. The first-order valence-corrected chi connectivity index (χ1v) is 11.6. The molecule has 8 heteroatoms. The van der Waals surface area contributed by atoms with Gasteiger partial charge in [0, 0.05) is 50.2 Å². The van der Waals surface area contributed by atoms with Crippen LogP contribution in [-0.4, -0.2) is 73.2 Å². The van der Waals surface area contributed by atoms with E-state index in [1.54, 1.807) is 11.1 Å². The second-order valence-corrected chi connectivity index (χ2v) is 9.20. The number of amides is 1. The molecular formula is C25H30ClFN4O2. The quantitative estimate of drug-likeness (QED) is 0.654. The van der Waals surface area contributed by atoms with Crippen LogP contribution < -0.4 is 4.74 Å². The van der Waals surface area contributed by atoms with Gasteiger partial charge in [-0.2, -0.15) is 0 Å². The predicted molar refractivity (Wildman–Crippen MR) is 129 cm³/mol. The summed E-state index contributed by atoms with van der Waals surface area (Å²) in [6, 6.07) is 4.17. The molecule has 4 rings (SSSR count). The van der Waals surface area contributed by atoms with Crippen LogP contribution in [0.15, 0.2) is 57.0 Å². The lowest BCUT2D eigenvalue weighted by atomic mass is 10.1. The van der Waals surface area contributed by atoms with Crippen molar-refractivity contribution in [2.24, 2.45) is 4.99 Å². The van der Waals surface area contributed by atoms with Crippen LogP contribution in [0.1, 0.15) is 37.0 Å². The summed E-state index contributed by atoms with van der Waals surface area (Å²) < 4.78 is 20.2. The van der Waals surface area contributed by atoms with E-state index in [9.17, 15) is 9.18 Å². The van der Waals surface area contributed by atoms with Gasteiger partial charge in [-0.05, 0) is 51.4 Å². The van der Waals surface area contributed by atoms with Gasteiger partial charge in [-0.25, -0.2) is 9.38 Å². The third kappa shape index (κ3) is 4.84. The highest BCUT2D eigenvalue weighted by Gasteiger charge is 2.32. The number of likely N-dealkylation sites (tertiary alicyclic amines) is 2. The number of benzene rings is 1. The highest BCUT2D eigenvalue weighted by Crippen LogP contribution is 2.33. The van der Waals surface area contributed by atoms with E-state index in [0.29, 0.717) is 29.4 Å². The van der Waals surface area contributed by atoms with Crippen molar-refractivity contribution in [3.05, 3.63) is 63.4 Å². The molecule has 33 heavy (non-hydrogen) atoms. The molecule has 0 saturated carbocycles. The van der Waals surface area contributed by atoms with E-state index in [1.807, 2.05) is 31.9 Å². The fourth-order valence-corrected chi connectivity index (χ4v) is 4.57. The van der Waals surface area contributed by atoms with Crippen molar-refractivity contribution in [1.82, 2.24) is 14.7 Å². The molecule has 0 spiro atoms. The average Bonchev–Trinajstić information content (AvgIpc) is 3.23. The maximum atomic E-state index is 14.1. The third-order valence-corrected chi connectivity index (χ3v) is 6.97. The summed E-state index contributed by atoms with van der Waals surface area (Å²) in [5.74, 6) is 0.504. The van der Waals surface area contributed by atoms with E-state index < -0.39 is 5.82 Å². The molecule has 3 aliphatic heterocycles. The normalized spacial score (nSPS) is 23.8. The summed E-state index contributed by atoms with van der Waals surface area (Å²) in [7, 11) is 3.99. The van der Waals surface area contributed by atoms with Gasteiger partial charge in [-0.3, -0.25) is 4.79 Å². The molecule has 0 aliphatic carbocycles. The fraction of sp³-hybridized carbons (Fsp3) is 0.440. The van der Waals surface area contributed by atoms with E-state index in [0.717, 1.165) is 48.6 Å². The van der Waals surface area contributed by atoms with Crippen LogP contribution in [0.25, 0.3) is 0 Å². The summed E-state index contributed by atoms with van der Waals surface area (Å²) in [4.78, 5) is 24.0. The van der Waals surface area contributed by atoms with Crippen molar-refractivity contribution < 1.29 is 13.9 Å². The van der Waals surface area contributed by atoms with Crippen LogP contribution in [0.5, 0.6) is 5.75 Å². The molecule has 0 aromatic heterocycles. The Bertz CT molecular complexity index is 1070. The maximum absolute atomic E-state index is 14.1. The SMILES string of the molecule is C/C=C1/CN(C(=O)c2ccc(F)cc2OC2CCN(C)CC2)C/C1=C1\N=CC(Cl)=C(C)N1C. The lowest BCUT2D eigenvalue weighted by Gasteiger charge is -2.30. The van der Waals surface area contributed by atoms with E-state index in [-0.39, 0.29) is 12.0 Å². The van der Waals surface area contributed by atoms with Crippen molar-refractivity contribution >= 4 is 23.7 Å². The van der Waals surface area contributed by atoms with Crippen LogP contribution in [0.3, 0.4) is 0 Å². The number of carbonyl (C=O) groups is 1. The molecule has 3 aliphatic rings. The maximum Gasteiger partial charge on any atom is 0.258 e. The monoisotopic (exact) mass is 472 g/mol. The highest BCUT2D eigenvalue weighted by molar-refractivity contribution is 6.39. The lowest BCUT2D eigenvalue weighted by molar-refractivity contribution is 0.0782. The predicted octanol–water partition coefficient (Wildman–Crippen LogP) is 4.40. The van der Waals surface area contributed by atoms with Crippen molar-refractivity contribution in [2.75, 3.05) is 40.3 Å². The molecule has 6 nitrogen and oxygen atoms in total. The average molecular weight is 473 g/mol. The Morgan fingerprint density at radius 2 is 1.97 bits per heavy atom. The second kappa shape index (κ2) is 9.69. The molecule has 1 aromatic carbocycles. The van der Waals surface area contributed by atoms with Crippen molar-refractivity contribution in [2.45, 2.75) is 32.8 Å². The van der Waals surface area contributed by atoms with Gasteiger partial charge >= 0.3 is 0 Å². The number of hydrogen-bond acceptors (Lipinski definition) is 5. The van der Waals surface area contributed by atoms with E-state index >= 15 is 0 Å². The number of nitrogens with zero attached hydrogens (tertiary/aromatic N) is 4. The van der Waals surface area contributed by atoms with Gasteiger partial charge in [0.15, 0.2) is 0 Å². The minimum Gasteiger partial charge on any atom is -0.489 e. The summed E-state index contributed by atoms with van der Waals surface area (Å²) in [5.41, 5.74) is 3.31. The molecule has 2 saturated heterocycles. The van der Waals surface area contributed by atoms with Crippen LogP contribution in [-0.2, 0) is 0 Å². The number of ether oxygens (including phenoxy) is 1. The minimum atomic E-state index is -0.412. The summed E-state index contributed by atoms with van der Waals surface area (Å²) in [6.45, 7) is 6.60. The third-order valence-electron chi connectivity index (χ3n) is 6.60. The fourth-order valence-electron chi connectivity index (χ4n) is 4.39. The number of allylic oxidation sites excluding steroid dienone is 3. The van der Waals surface area contributed by atoms with Crippen LogP contribution in [0.4, 0.5) is 4.39 Å². The first kappa shape index (κ1) is 23.5. The summed E-state index contributed by atoms with van der Waals surface area (Å²) in [6.07, 6.45) is 5.33. The van der Waals surface area contributed by atoms with E-state index in [2.05, 4.69) is 16.9 Å². The number of aliphatic imine (C=N–C) groups is 1. The number of halogens is 2. The standard InChI is InChI=1S/C25H30ClFN4O2/c1-5-17-14-31(15-21(17)24-28-13-22(26)16(2)30(24)4)25(32)20-7-6-18(27)12-23(20)33-19-8-10-29(3)11-9-19/h5-7,12-13,19H,8-11,14-15H2,1-4H3/b17-5-,24-21-. The Morgan fingerprint density at radius 3 is 2.67 bits per heavy atom. The second-order valence-electron chi connectivity index (χ2n) is 8.79. The van der Waals surface area contributed by atoms with Gasteiger partial charge in [0.2, 0.25) is 0 Å². The summed E-state index contributed by atoms with van der Waals surface area (Å²) >= 11 is 6.22. The van der Waals surface area contributed by atoms with Crippen molar-refractivity contribution in [3.63, 3.8) is 0 Å². The largest absolute Gasteiger partial charge is 0.489 e.